The predicted molar refractivity (Wildman–Crippen MR) is 97.9 cm³/mol. The molecule has 1 N–H and O–H groups in total. The summed E-state index contributed by atoms with van der Waals surface area (Å²) in [5.41, 5.74) is 0.913. The monoisotopic (exact) mass is 375 g/mol. The van der Waals surface area contributed by atoms with Gasteiger partial charge < -0.3 is 14.6 Å². The fourth-order valence-corrected chi connectivity index (χ4v) is 2.64. The SMILES string of the molecule is COCCCNC(=O)c1nn(-c2ccc(Cl)cc2)c2c(=O)n(C)cnc12. The van der Waals surface area contributed by atoms with E-state index in [9.17, 15) is 9.59 Å². The van der Waals surface area contributed by atoms with Gasteiger partial charge in [-0.1, -0.05) is 11.6 Å². The zero-order valence-electron chi connectivity index (χ0n) is 14.4. The van der Waals surface area contributed by atoms with Crippen LogP contribution in [0.15, 0.2) is 35.4 Å². The lowest BCUT2D eigenvalue weighted by Crippen LogP contribution is -2.26. The number of hydrogen-bond donors (Lipinski definition) is 1. The number of fused-ring (bicyclic) bond motifs is 1. The number of halogens is 1. The van der Waals surface area contributed by atoms with Crippen molar-refractivity contribution in [3.05, 3.63) is 51.7 Å². The van der Waals surface area contributed by atoms with Crippen molar-refractivity contribution in [1.82, 2.24) is 24.6 Å². The topological polar surface area (TPSA) is 91.0 Å². The van der Waals surface area contributed by atoms with Crippen LogP contribution in [0.5, 0.6) is 0 Å². The van der Waals surface area contributed by atoms with Crippen molar-refractivity contribution in [2.24, 2.45) is 7.05 Å². The second-order valence-electron chi connectivity index (χ2n) is 5.70. The first-order valence-corrected chi connectivity index (χ1v) is 8.38. The average molecular weight is 376 g/mol. The van der Waals surface area contributed by atoms with Crippen molar-refractivity contribution >= 4 is 28.5 Å². The van der Waals surface area contributed by atoms with E-state index in [4.69, 9.17) is 16.3 Å². The number of aromatic nitrogens is 4. The zero-order chi connectivity index (χ0) is 18.7. The number of carbonyl (C=O) groups is 1. The van der Waals surface area contributed by atoms with Crippen LogP contribution in [0.25, 0.3) is 16.7 Å². The minimum atomic E-state index is -0.389. The second-order valence-corrected chi connectivity index (χ2v) is 6.13. The Hall–Kier alpha value is -2.71. The molecule has 26 heavy (non-hydrogen) atoms. The van der Waals surface area contributed by atoms with Gasteiger partial charge in [0.15, 0.2) is 11.2 Å². The highest BCUT2D eigenvalue weighted by atomic mass is 35.5. The summed E-state index contributed by atoms with van der Waals surface area (Å²) in [4.78, 5) is 29.4. The van der Waals surface area contributed by atoms with Crippen LogP contribution in [0.4, 0.5) is 0 Å². The van der Waals surface area contributed by atoms with Crippen LogP contribution in [0.1, 0.15) is 16.9 Å². The maximum absolute atomic E-state index is 12.6. The maximum Gasteiger partial charge on any atom is 0.279 e. The first-order valence-electron chi connectivity index (χ1n) is 8.00. The predicted octanol–water partition coefficient (Wildman–Crippen LogP) is 1.54. The molecule has 0 fully saturated rings. The minimum absolute atomic E-state index is 0.102. The van der Waals surface area contributed by atoms with Gasteiger partial charge in [-0.2, -0.15) is 5.10 Å². The number of aryl methyl sites for hydroxylation is 1. The molecule has 1 aromatic carbocycles. The fraction of sp³-hybridized carbons (Fsp3) is 0.294. The summed E-state index contributed by atoms with van der Waals surface area (Å²) < 4.78 is 7.73. The normalized spacial score (nSPS) is 11.0. The molecular formula is C17H18ClN5O3. The Labute approximate surface area is 154 Å². The molecule has 1 amide bonds. The van der Waals surface area contributed by atoms with E-state index >= 15 is 0 Å². The molecule has 0 spiro atoms. The van der Waals surface area contributed by atoms with Crippen LogP contribution in [0.3, 0.4) is 0 Å². The molecule has 8 nitrogen and oxygen atoms in total. The number of amides is 1. The molecule has 3 aromatic rings. The molecule has 0 aliphatic heterocycles. The van der Waals surface area contributed by atoms with Crippen molar-refractivity contribution in [2.45, 2.75) is 6.42 Å². The molecule has 0 atom stereocenters. The molecule has 0 unspecified atom stereocenters. The Morgan fingerprint density at radius 1 is 1.31 bits per heavy atom. The van der Waals surface area contributed by atoms with Gasteiger partial charge in [0.05, 0.1) is 12.0 Å². The van der Waals surface area contributed by atoms with E-state index in [2.05, 4.69) is 15.4 Å². The van der Waals surface area contributed by atoms with Crippen molar-refractivity contribution in [3.63, 3.8) is 0 Å². The molecule has 9 heteroatoms. The number of ether oxygens (including phenoxy) is 1. The van der Waals surface area contributed by atoms with Gasteiger partial charge >= 0.3 is 0 Å². The van der Waals surface area contributed by atoms with Gasteiger partial charge in [-0.15, -0.1) is 0 Å². The van der Waals surface area contributed by atoms with Crippen LogP contribution >= 0.6 is 11.6 Å². The Morgan fingerprint density at radius 2 is 2.04 bits per heavy atom. The zero-order valence-corrected chi connectivity index (χ0v) is 15.2. The minimum Gasteiger partial charge on any atom is -0.385 e. The van der Waals surface area contributed by atoms with Gasteiger partial charge in [0.1, 0.15) is 5.52 Å². The third kappa shape index (κ3) is 3.47. The molecule has 136 valence electrons. The smallest absolute Gasteiger partial charge is 0.279 e. The molecular weight excluding hydrogens is 358 g/mol. The van der Waals surface area contributed by atoms with E-state index in [-0.39, 0.29) is 28.2 Å². The number of rotatable bonds is 6. The number of carbonyl (C=O) groups excluding carboxylic acids is 1. The van der Waals surface area contributed by atoms with E-state index in [1.54, 1.807) is 38.4 Å². The van der Waals surface area contributed by atoms with Crippen LogP contribution in [-0.4, -0.2) is 45.5 Å². The van der Waals surface area contributed by atoms with Gasteiger partial charge in [0, 0.05) is 32.3 Å². The van der Waals surface area contributed by atoms with E-state index in [0.29, 0.717) is 30.3 Å². The van der Waals surface area contributed by atoms with Crippen LogP contribution in [0.2, 0.25) is 5.02 Å². The highest BCUT2D eigenvalue weighted by molar-refractivity contribution is 6.30. The quantitative estimate of drug-likeness (QED) is 0.660. The largest absolute Gasteiger partial charge is 0.385 e. The number of benzene rings is 1. The van der Waals surface area contributed by atoms with Crippen LogP contribution in [0, 0.1) is 0 Å². The van der Waals surface area contributed by atoms with Crippen molar-refractivity contribution < 1.29 is 9.53 Å². The lowest BCUT2D eigenvalue weighted by Gasteiger charge is -2.03. The van der Waals surface area contributed by atoms with E-state index < -0.39 is 0 Å². The van der Waals surface area contributed by atoms with Crippen LogP contribution in [-0.2, 0) is 11.8 Å². The Balaban J connectivity index is 2.08. The Kier molecular flexibility index (Phi) is 5.34. The maximum atomic E-state index is 12.6. The second kappa shape index (κ2) is 7.67. The van der Waals surface area contributed by atoms with Gasteiger partial charge in [-0.25, -0.2) is 9.67 Å². The molecule has 3 rings (SSSR count). The first kappa shape index (κ1) is 18.1. The summed E-state index contributed by atoms with van der Waals surface area (Å²) >= 11 is 5.93. The molecule has 0 saturated carbocycles. The molecule has 2 aromatic heterocycles. The fourth-order valence-electron chi connectivity index (χ4n) is 2.51. The van der Waals surface area contributed by atoms with Crippen molar-refractivity contribution in [2.75, 3.05) is 20.3 Å². The Bertz CT molecular complexity index is 994. The molecule has 0 aliphatic carbocycles. The first-order chi connectivity index (χ1) is 12.5. The van der Waals surface area contributed by atoms with E-state index in [1.807, 2.05) is 0 Å². The number of nitrogens with zero attached hydrogens (tertiary/aromatic N) is 4. The lowest BCUT2D eigenvalue weighted by molar-refractivity contribution is 0.0944. The summed E-state index contributed by atoms with van der Waals surface area (Å²) in [6, 6.07) is 6.83. The third-order valence-corrected chi connectivity index (χ3v) is 4.09. The summed E-state index contributed by atoms with van der Waals surface area (Å²) in [5.74, 6) is -0.389. The molecule has 0 saturated heterocycles. The highest BCUT2D eigenvalue weighted by Crippen LogP contribution is 2.19. The summed E-state index contributed by atoms with van der Waals surface area (Å²) in [6.45, 7) is 0.978. The van der Waals surface area contributed by atoms with E-state index in [0.717, 1.165) is 0 Å². The van der Waals surface area contributed by atoms with Gasteiger partial charge in [-0.05, 0) is 30.7 Å². The van der Waals surface area contributed by atoms with Crippen molar-refractivity contribution in [1.29, 1.82) is 0 Å². The summed E-state index contributed by atoms with van der Waals surface area (Å²) in [7, 11) is 3.20. The number of hydrogen-bond acceptors (Lipinski definition) is 5. The summed E-state index contributed by atoms with van der Waals surface area (Å²) in [5, 5.41) is 7.68. The third-order valence-electron chi connectivity index (χ3n) is 3.84. The van der Waals surface area contributed by atoms with Crippen molar-refractivity contribution in [3.8, 4) is 5.69 Å². The molecule has 2 heterocycles. The van der Waals surface area contributed by atoms with Gasteiger partial charge in [-0.3, -0.25) is 9.59 Å². The summed E-state index contributed by atoms with van der Waals surface area (Å²) in [6.07, 6.45) is 2.05. The highest BCUT2D eigenvalue weighted by Gasteiger charge is 2.22. The molecule has 0 aliphatic rings. The Morgan fingerprint density at radius 3 is 2.73 bits per heavy atom. The van der Waals surface area contributed by atoms with E-state index in [1.165, 1.54) is 15.6 Å². The standard InChI is InChI=1S/C17H18ClN5O3/c1-22-10-20-13-14(16(24)19-8-3-9-26-2)21-23(15(13)17(22)25)12-6-4-11(18)5-7-12/h4-7,10H,3,8-9H2,1-2H3,(H,19,24). The molecule has 0 radical (unpaired) electrons. The van der Waals surface area contributed by atoms with Gasteiger partial charge in [0.25, 0.3) is 11.5 Å². The lowest BCUT2D eigenvalue weighted by atomic mass is 10.3. The molecule has 0 bridgehead atoms. The number of methoxy groups -OCH3 is 1. The number of nitrogens with one attached hydrogen (secondary N) is 1. The average Bonchev–Trinajstić information content (AvgIpc) is 3.03. The van der Waals surface area contributed by atoms with Gasteiger partial charge in [0.2, 0.25) is 0 Å². The van der Waals surface area contributed by atoms with Crippen LogP contribution < -0.4 is 10.9 Å².